The smallest absolute Gasteiger partial charge is 0.270 e. The Morgan fingerprint density at radius 3 is 2.52 bits per heavy atom. The molecule has 0 spiro atoms. The Balaban J connectivity index is 1.46. The third-order valence-corrected chi connectivity index (χ3v) is 4.31. The van der Waals surface area contributed by atoms with Gasteiger partial charge in [-0.15, -0.1) is 0 Å². The standard InChI is InChI=1S/C18H18N4O/c23-18(17-13-16-15(20-17)7-4-8-19-16)22-11-9-21(10-12-22)14-5-2-1-3-6-14/h1-8,13,20H,9-12H2. The summed E-state index contributed by atoms with van der Waals surface area (Å²) in [4.78, 5) is 24.3. The SMILES string of the molecule is O=C(c1cc2ncccc2[nH]1)N1CCN(c2ccccc2)CC1. The van der Waals surface area contributed by atoms with Crippen LogP contribution in [0.3, 0.4) is 0 Å². The topological polar surface area (TPSA) is 52.2 Å². The van der Waals surface area contributed by atoms with E-state index in [-0.39, 0.29) is 5.91 Å². The van der Waals surface area contributed by atoms with Crippen molar-refractivity contribution in [2.45, 2.75) is 0 Å². The van der Waals surface area contributed by atoms with Crippen LogP contribution in [0.1, 0.15) is 10.5 Å². The molecule has 2 aromatic heterocycles. The van der Waals surface area contributed by atoms with Crippen LogP contribution in [0.15, 0.2) is 54.7 Å². The minimum absolute atomic E-state index is 0.0516. The van der Waals surface area contributed by atoms with E-state index >= 15 is 0 Å². The van der Waals surface area contributed by atoms with Crippen molar-refractivity contribution in [1.29, 1.82) is 0 Å². The predicted molar refractivity (Wildman–Crippen MR) is 90.7 cm³/mol. The molecular formula is C18H18N4O. The lowest BCUT2D eigenvalue weighted by Gasteiger charge is -2.35. The molecule has 23 heavy (non-hydrogen) atoms. The lowest BCUT2D eigenvalue weighted by Crippen LogP contribution is -2.48. The van der Waals surface area contributed by atoms with Gasteiger partial charge >= 0.3 is 0 Å². The van der Waals surface area contributed by atoms with Gasteiger partial charge in [0.1, 0.15) is 5.69 Å². The minimum atomic E-state index is 0.0516. The molecule has 1 fully saturated rings. The van der Waals surface area contributed by atoms with E-state index < -0.39 is 0 Å². The molecule has 3 aromatic rings. The Morgan fingerprint density at radius 2 is 1.78 bits per heavy atom. The summed E-state index contributed by atoms with van der Waals surface area (Å²) >= 11 is 0. The summed E-state index contributed by atoms with van der Waals surface area (Å²) in [6, 6.07) is 16.0. The molecule has 5 heteroatoms. The van der Waals surface area contributed by atoms with Crippen LogP contribution in [-0.2, 0) is 0 Å². The third-order valence-electron chi connectivity index (χ3n) is 4.31. The molecule has 1 aliphatic rings. The molecule has 0 bridgehead atoms. The van der Waals surface area contributed by atoms with Crippen LogP contribution in [0.5, 0.6) is 0 Å². The zero-order chi connectivity index (χ0) is 15.6. The quantitative estimate of drug-likeness (QED) is 0.791. The Labute approximate surface area is 134 Å². The van der Waals surface area contributed by atoms with Gasteiger partial charge in [0.2, 0.25) is 0 Å². The highest BCUT2D eigenvalue weighted by Gasteiger charge is 2.23. The van der Waals surface area contributed by atoms with Gasteiger partial charge in [0, 0.05) is 38.1 Å². The van der Waals surface area contributed by atoms with Crippen molar-refractivity contribution >= 4 is 22.6 Å². The summed E-state index contributed by atoms with van der Waals surface area (Å²) in [5, 5.41) is 0. The Morgan fingerprint density at radius 1 is 1.00 bits per heavy atom. The van der Waals surface area contributed by atoms with E-state index in [1.165, 1.54) is 5.69 Å². The molecule has 1 amide bonds. The normalized spacial score (nSPS) is 15.1. The largest absolute Gasteiger partial charge is 0.368 e. The van der Waals surface area contributed by atoms with E-state index in [2.05, 4.69) is 27.0 Å². The lowest BCUT2D eigenvalue weighted by molar-refractivity contribution is 0.0742. The second-order valence-corrected chi connectivity index (χ2v) is 5.73. The molecule has 1 aliphatic heterocycles. The summed E-state index contributed by atoms with van der Waals surface area (Å²) in [6.07, 6.45) is 1.74. The number of para-hydroxylation sites is 1. The second-order valence-electron chi connectivity index (χ2n) is 5.73. The van der Waals surface area contributed by atoms with Crippen LogP contribution < -0.4 is 4.90 Å². The van der Waals surface area contributed by atoms with Crippen molar-refractivity contribution in [3.63, 3.8) is 0 Å². The van der Waals surface area contributed by atoms with Crippen molar-refractivity contribution in [2.75, 3.05) is 31.1 Å². The van der Waals surface area contributed by atoms with Crippen LogP contribution >= 0.6 is 0 Å². The van der Waals surface area contributed by atoms with Crippen molar-refractivity contribution in [1.82, 2.24) is 14.9 Å². The number of pyridine rings is 1. The molecular weight excluding hydrogens is 288 g/mol. The fourth-order valence-corrected chi connectivity index (χ4v) is 3.05. The van der Waals surface area contributed by atoms with E-state index in [1.54, 1.807) is 6.20 Å². The van der Waals surface area contributed by atoms with Gasteiger partial charge in [0.15, 0.2) is 0 Å². The lowest BCUT2D eigenvalue weighted by atomic mass is 10.2. The summed E-state index contributed by atoms with van der Waals surface area (Å²) in [6.45, 7) is 3.18. The van der Waals surface area contributed by atoms with Crippen molar-refractivity contribution in [2.24, 2.45) is 0 Å². The number of amides is 1. The minimum Gasteiger partial charge on any atom is -0.368 e. The summed E-state index contributed by atoms with van der Waals surface area (Å²) < 4.78 is 0. The van der Waals surface area contributed by atoms with E-state index in [9.17, 15) is 4.79 Å². The Hall–Kier alpha value is -2.82. The molecule has 4 rings (SSSR count). The van der Waals surface area contributed by atoms with Crippen LogP contribution in [0.2, 0.25) is 0 Å². The number of H-pyrrole nitrogens is 1. The molecule has 0 radical (unpaired) electrons. The van der Waals surface area contributed by atoms with Gasteiger partial charge in [-0.2, -0.15) is 0 Å². The number of rotatable bonds is 2. The van der Waals surface area contributed by atoms with Crippen LogP contribution in [0.25, 0.3) is 11.0 Å². The van der Waals surface area contributed by atoms with Gasteiger partial charge in [0.25, 0.3) is 5.91 Å². The van der Waals surface area contributed by atoms with Gasteiger partial charge < -0.3 is 14.8 Å². The van der Waals surface area contributed by atoms with Crippen molar-refractivity contribution in [3.8, 4) is 0 Å². The van der Waals surface area contributed by atoms with Crippen molar-refractivity contribution < 1.29 is 4.79 Å². The predicted octanol–water partition coefficient (Wildman–Crippen LogP) is 2.53. The number of hydrogen-bond acceptors (Lipinski definition) is 3. The summed E-state index contributed by atoms with van der Waals surface area (Å²) in [5.41, 5.74) is 3.57. The molecule has 1 N–H and O–H groups in total. The van der Waals surface area contributed by atoms with E-state index in [1.807, 2.05) is 41.3 Å². The first-order valence-corrected chi connectivity index (χ1v) is 7.84. The number of carbonyl (C=O) groups excluding carboxylic acids is 1. The first kappa shape index (κ1) is 13.8. The fourth-order valence-electron chi connectivity index (χ4n) is 3.05. The molecule has 1 saturated heterocycles. The maximum Gasteiger partial charge on any atom is 0.270 e. The van der Waals surface area contributed by atoms with Crippen LogP contribution in [0.4, 0.5) is 5.69 Å². The maximum atomic E-state index is 12.7. The van der Waals surface area contributed by atoms with Gasteiger partial charge in [-0.25, -0.2) is 0 Å². The fraction of sp³-hybridized carbons (Fsp3) is 0.222. The first-order valence-electron chi connectivity index (χ1n) is 7.84. The van der Waals surface area contributed by atoms with Gasteiger partial charge in [-0.3, -0.25) is 9.78 Å². The highest BCUT2D eigenvalue weighted by molar-refractivity contribution is 5.97. The molecule has 0 saturated carbocycles. The zero-order valence-corrected chi connectivity index (χ0v) is 12.8. The number of nitrogens with one attached hydrogen (secondary N) is 1. The second kappa shape index (κ2) is 5.76. The highest BCUT2D eigenvalue weighted by atomic mass is 16.2. The van der Waals surface area contributed by atoms with Crippen LogP contribution in [-0.4, -0.2) is 47.0 Å². The monoisotopic (exact) mass is 306 g/mol. The Bertz CT molecular complexity index is 786. The van der Waals surface area contributed by atoms with E-state index in [0.29, 0.717) is 5.69 Å². The highest BCUT2D eigenvalue weighted by Crippen LogP contribution is 2.18. The molecule has 1 aromatic carbocycles. The summed E-state index contributed by atoms with van der Waals surface area (Å²) in [7, 11) is 0. The third kappa shape index (κ3) is 2.65. The molecule has 0 unspecified atom stereocenters. The number of aromatic amines is 1. The van der Waals surface area contributed by atoms with Gasteiger partial charge in [0.05, 0.1) is 11.0 Å². The number of fused-ring (bicyclic) bond motifs is 1. The zero-order valence-electron chi connectivity index (χ0n) is 12.8. The number of carbonyl (C=O) groups is 1. The summed E-state index contributed by atoms with van der Waals surface area (Å²) in [5.74, 6) is 0.0516. The van der Waals surface area contributed by atoms with Crippen LogP contribution in [0, 0.1) is 0 Å². The molecule has 3 heterocycles. The van der Waals surface area contributed by atoms with Crippen molar-refractivity contribution in [3.05, 3.63) is 60.4 Å². The average molecular weight is 306 g/mol. The number of hydrogen-bond donors (Lipinski definition) is 1. The number of anilines is 1. The Kier molecular flexibility index (Phi) is 3.46. The first-order chi connectivity index (χ1) is 11.3. The van der Waals surface area contributed by atoms with E-state index in [4.69, 9.17) is 0 Å². The number of benzene rings is 1. The van der Waals surface area contributed by atoms with E-state index in [0.717, 1.165) is 37.2 Å². The van der Waals surface area contributed by atoms with Gasteiger partial charge in [-0.05, 0) is 30.3 Å². The number of nitrogens with zero attached hydrogens (tertiary/aromatic N) is 3. The number of piperazine rings is 1. The maximum absolute atomic E-state index is 12.7. The average Bonchev–Trinajstić information content (AvgIpc) is 3.06. The molecule has 0 aliphatic carbocycles. The number of aromatic nitrogens is 2. The molecule has 116 valence electrons. The van der Waals surface area contributed by atoms with Gasteiger partial charge in [-0.1, -0.05) is 18.2 Å². The molecule has 5 nitrogen and oxygen atoms in total. The molecule has 0 atom stereocenters.